The number of ether oxygens (including phenoxy) is 1. The molecule has 28 heavy (non-hydrogen) atoms. The van der Waals surface area contributed by atoms with Gasteiger partial charge in [-0.05, 0) is 49.5 Å². The molecule has 1 aliphatic carbocycles. The van der Waals surface area contributed by atoms with Crippen molar-refractivity contribution in [2.24, 2.45) is 0 Å². The SMILES string of the molecule is CCC(C)OC(=O)c1c(NC(=O)Cn2ccc([N+](=O)[O-])n2)sc2c1CCCC2. The van der Waals surface area contributed by atoms with Gasteiger partial charge in [0.1, 0.15) is 11.5 Å². The fraction of sp³-hybridized carbons (Fsp3) is 0.500. The van der Waals surface area contributed by atoms with Gasteiger partial charge in [-0.1, -0.05) is 6.92 Å². The van der Waals surface area contributed by atoms with Gasteiger partial charge in [-0.2, -0.15) is 4.68 Å². The highest BCUT2D eigenvalue weighted by Gasteiger charge is 2.28. The number of nitrogens with one attached hydrogen (secondary N) is 1. The van der Waals surface area contributed by atoms with Crippen LogP contribution in [-0.2, 0) is 28.9 Å². The Hall–Kier alpha value is -2.75. The first-order valence-electron chi connectivity index (χ1n) is 9.22. The Morgan fingerprint density at radius 1 is 1.43 bits per heavy atom. The molecule has 1 unspecified atom stereocenters. The van der Waals surface area contributed by atoms with Crippen LogP contribution < -0.4 is 5.32 Å². The van der Waals surface area contributed by atoms with Gasteiger partial charge in [-0.3, -0.25) is 4.79 Å². The molecule has 10 heteroatoms. The maximum atomic E-state index is 12.7. The molecule has 0 fully saturated rings. The number of nitrogens with zero attached hydrogens (tertiary/aromatic N) is 3. The number of anilines is 1. The smallest absolute Gasteiger partial charge is 0.389 e. The molecule has 0 radical (unpaired) electrons. The Kier molecular flexibility index (Phi) is 6.08. The predicted molar refractivity (Wildman–Crippen MR) is 104 cm³/mol. The Morgan fingerprint density at radius 2 is 2.18 bits per heavy atom. The number of carbonyl (C=O) groups excluding carboxylic acids is 2. The highest BCUT2D eigenvalue weighted by atomic mass is 32.1. The van der Waals surface area contributed by atoms with E-state index in [1.54, 1.807) is 0 Å². The minimum atomic E-state index is -0.620. The first-order chi connectivity index (χ1) is 13.4. The molecule has 0 saturated carbocycles. The van der Waals surface area contributed by atoms with E-state index < -0.39 is 16.8 Å². The van der Waals surface area contributed by atoms with Crippen molar-refractivity contribution >= 4 is 34.0 Å². The van der Waals surface area contributed by atoms with Gasteiger partial charge < -0.3 is 20.2 Å². The number of rotatable bonds is 7. The summed E-state index contributed by atoms with van der Waals surface area (Å²) in [5.41, 5.74) is 1.41. The van der Waals surface area contributed by atoms with Crippen molar-refractivity contribution in [2.45, 2.75) is 58.6 Å². The van der Waals surface area contributed by atoms with Crippen molar-refractivity contribution in [3.63, 3.8) is 0 Å². The highest BCUT2D eigenvalue weighted by Crippen LogP contribution is 2.38. The monoisotopic (exact) mass is 406 g/mol. The number of hydrogen-bond acceptors (Lipinski definition) is 7. The average molecular weight is 406 g/mol. The summed E-state index contributed by atoms with van der Waals surface area (Å²) in [7, 11) is 0. The molecule has 2 aromatic heterocycles. The lowest BCUT2D eigenvalue weighted by Gasteiger charge is -2.15. The number of esters is 1. The van der Waals surface area contributed by atoms with Gasteiger partial charge in [0.25, 0.3) is 0 Å². The number of nitro groups is 1. The van der Waals surface area contributed by atoms with Crippen molar-refractivity contribution in [3.05, 3.63) is 38.4 Å². The summed E-state index contributed by atoms with van der Waals surface area (Å²) in [4.78, 5) is 36.4. The maximum absolute atomic E-state index is 12.7. The second kappa shape index (κ2) is 8.51. The van der Waals surface area contributed by atoms with E-state index in [4.69, 9.17) is 4.74 Å². The van der Waals surface area contributed by atoms with E-state index in [1.807, 2.05) is 13.8 Å². The van der Waals surface area contributed by atoms with Gasteiger partial charge in [-0.25, -0.2) is 4.79 Å². The van der Waals surface area contributed by atoms with E-state index >= 15 is 0 Å². The summed E-state index contributed by atoms with van der Waals surface area (Å²) in [5.74, 6) is -1.15. The lowest BCUT2D eigenvalue weighted by Crippen LogP contribution is -2.21. The minimum absolute atomic E-state index is 0.184. The number of aromatic nitrogens is 2. The lowest BCUT2D eigenvalue weighted by atomic mass is 9.95. The predicted octanol–water partition coefficient (Wildman–Crippen LogP) is 3.33. The first kappa shape index (κ1) is 20.0. The third-order valence-corrected chi connectivity index (χ3v) is 5.84. The van der Waals surface area contributed by atoms with E-state index in [0.29, 0.717) is 17.0 Å². The number of carbonyl (C=O) groups is 2. The number of aryl methyl sites for hydroxylation is 1. The van der Waals surface area contributed by atoms with Crippen LogP contribution in [0.3, 0.4) is 0 Å². The number of hydrogen-bond donors (Lipinski definition) is 1. The molecular formula is C18H22N4O5S. The van der Waals surface area contributed by atoms with Gasteiger partial charge in [0, 0.05) is 4.88 Å². The minimum Gasteiger partial charge on any atom is -0.459 e. The van der Waals surface area contributed by atoms with E-state index in [9.17, 15) is 19.7 Å². The first-order valence-corrected chi connectivity index (χ1v) is 10.0. The van der Waals surface area contributed by atoms with Crippen LogP contribution in [0, 0.1) is 10.1 Å². The van der Waals surface area contributed by atoms with Crippen LogP contribution in [0.4, 0.5) is 10.8 Å². The van der Waals surface area contributed by atoms with E-state index in [0.717, 1.165) is 36.1 Å². The van der Waals surface area contributed by atoms with Crippen LogP contribution in [0.15, 0.2) is 12.3 Å². The molecular weight excluding hydrogens is 384 g/mol. The molecule has 150 valence electrons. The number of thiophene rings is 1. The number of amides is 1. The second-order valence-electron chi connectivity index (χ2n) is 6.72. The molecule has 0 saturated heterocycles. The molecule has 0 aliphatic heterocycles. The molecule has 0 spiro atoms. The molecule has 1 aliphatic rings. The Balaban J connectivity index is 1.80. The van der Waals surface area contributed by atoms with Crippen LogP contribution in [0.1, 0.15) is 53.9 Å². The van der Waals surface area contributed by atoms with Gasteiger partial charge in [0.15, 0.2) is 0 Å². The molecule has 2 aromatic rings. The third-order valence-electron chi connectivity index (χ3n) is 4.63. The summed E-state index contributed by atoms with van der Waals surface area (Å²) in [6.07, 6.45) is 5.59. The van der Waals surface area contributed by atoms with Crippen LogP contribution in [0.25, 0.3) is 0 Å². The normalized spacial score (nSPS) is 14.2. The zero-order valence-corrected chi connectivity index (χ0v) is 16.6. The van der Waals surface area contributed by atoms with Crippen LogP contribution >= 0.6 is 11.3 Å². The quantitative estimate of drug-likeness (QED) is 0.428. The lowest BCUT2D eigenvalue weighted by molar-refractivity contribution is -0.389. The molecule has 3 rings (SSSR count). The molecule has 1 amide bonds. The van der Waals surface area contributed by atoms with Crippen molar-refractivity contribution < 1.29 is 19.2 Å². The van der Waals surface area contributed by atoms with Crippen molar-refractivity contribution in [1.29, 1.82) is 0 Å². The Bertz CT molecular complexity index is 904. The van der Waals surface area contributed by atoms with E-state index in [2.05, 4.69) is 10.4 Å². The summed E-state index contributed by atoms with van der Waals surface area (Å²) in [6, 6.07) is 1.23. The van der Waals surface area contributed by atoms with Crippen LogP contribution in [0.5, 0.6) is 0 Å². The molecule has 9 nitrogen and oxygen atoms in total. The van der Waals surface area contributed by atoms with Crippen molar-refractivity contribution in [2.75, 3.05) is 5.32 Å². The third kappa shape index (κ3) is 4.38. The Morgan fingerprint density at radius 3 is 2.86 bits per heavy atom. The van der Waals surface area contributed by atoms with Gasteiger partial charge >= 0.3 is 11.8 Å². The fourth-order valence-electron chi connectivity index (χ4n) is 3.04. The summed E-state index contributed by atoms with van der Waals surface area (Å²) in [6.45, 7) is 3.59. The maximum Gasteiger partial charge on any atom is 0.389 e. The fourth-order valence-corrected chi connectivity index (χ4v) is 4.34. The van der Waals surface area contributed by atoms with Crippen molar-refractivity contribution in [3.8, 4) is 0 Å². The Labute approximate surface area is 165 Å². The van der Waals surface area contributed by atoms with Gasteiger partial charge in [-0.15, -0.1) is 11.3 Å². The van der Waals surface area contributed by atoms with Crippen LogP contribution in [-0.4, -0.2) is 32.7 Å². The van der Waals surface area contributed by atoms with E-state index in [-0.39, 0.29) is 18.5 Å². The molecule has 0 aromatic carbocycles. The second-order valence-corrected chi connectivity index (χ2v) is 7.82. The van der Waals surface area contributed by atoms with Crippen LogP contribution in [0.2, 0.25) is 0 Å². The van der Waals surface area contributed by atoms with Gasteiger partial charge in [0.05, 0.1) is 29.0 Å². The van der Waals surface area contributed by atoms with Crippen molar-refractivity contribution in [1.82, 2.24) is 9.78 Å². The largest absolute Gasteiger partial charge is 0.459 e. The molecule has 1 N–H and O–H groups in total. The molecule has 1 atom stereocenters. The standard InChI is InChI=1S/C18H22N4O5S/c1-3-11(2)27-18(24)16-12-6-4-5-7-13(12)28-17(16)19-15(23)10-21-9-8-14(20-21)22(25)26/h8-9,11H,3-7,10H2,1-2H3,(H,19,23). The zero-order chi connectivity index (χ0) is 20.3. The number of fused-ring (bicyclic) bond motifs is 1. The summed E-state index contributed by atoms with van der Waals surface area (Å²) >= 11 is 1.40. The van der Waals surface area contributed by atoms with Gasteiger partial charge in [0.2, 0.25) is 5.91 Å². The highest BCUT2D eigenvalue weighted by molar-refractivity contribution is 7.17. The average Bonchev–Trinajstić information content (AvgIpc) is 3.25. The van der Waals surface area contributed by atoms with E-state index in [1.165, 1.54) is 28.3 Å². The molecule has 0 bridgehead atoms. The zero-order valence-electron chi connectivity index (χ0n) is 15.8. The summed E-state index contributed by atoms with van der Waals surface area (Å²) in [5, 5.41) is 17.7. The summed E-state index contributed by atoms with van der Waals surface area (Å²) < 4.78 is 6.70. The molecule has 2 heterocycles. The topological polar surface area (TPSA) is 116 Å².